The molecule has 0 radical (unpaired) electrons. The van der Waals surface area contributed by atoms with Gasteiger partial charge in [-0.2, -0.15) is 0 Å². The van der Waals surface area contributed by atoms with Gasteiger partial charge in [-0.3, -0.25) is 0 Å². The van der Waals surface area contributed by atoms with Crippen LogP contribution in [0.3, 0.4) is 0 Å². The summed E-state index contributed by atoms with van der Waals surface area (Å²) in [7, 11) is -4.06. The Bertz CT molecular complexity index is 788. The van der Waals surface area contributed by atoms with E-state index in [1.807, 2.05) is 0 Å². The zero-order chi connectivity index (χ0) is 15.6. The van der Waals surface area contributed by atoms with Gasteiger partial charge in [0.2, 0.25) is 10.0 Å². The van der Waals surface area contributed by atoms with Crippen molar-refractivity contribution in [1.82, 2.24) is 4.72 Å². The molecule has 0 spiro atoms. The highest BCUT2D eigenvalue weighted by Gasteiger charge is 2.20. The average Bonchev–Trinajstić information content (AvgIpc) is 2.81. The minimum absolute atomic E-state index is 0.0146. The van der Waals surface area contributed by atoms with Gasteiger partial charge < -0.3 is 5.11 Å². The molecule has 0 unspecified atom stereocenters. The Morgan fingerprint density at radius 3 is 2.62 bits per heavy atom. The van der Waals surface area contributed by atoms with Gasteiger partial charge in [-0.15, -0.1) is 11.3 Å². The molecule has 0 aliphatic heterocycles. The van der Waals surface area contributed by atoms with E-state index in [9.17, 15) is 17.6 Å². The molecule has 0 saturated heterocycles. The third-order valence-electron chi connectivity index (χ3n) is 2.58. The molecule has 5 nitrogen and oxygen atoms in total. The first-order valence-corrected chi connectivity index (χ1v) is 8.71. The van der Waals surface area contributed by atoms with Gasteiger partial charge in [-0.05, 0) is 45.6 Å². The number of carbonyl (C=O) groups is 1. The summed E-state index contributed by atoms with van der Waals surface area (Å²) in [5.41, 5.74) is -0.313. The highest BCUT2D eigenvalue weighted by atomic mass is 79.9. The summed E-state index contributed by atoms with van der Waals surface area (Å²) in [5.74, 6) is -2.43. The topological polar surface area (TPSA) is 83.5 Å². The second-order valence-corrected chi connectivity index (χ2v) is 7.56. The Labute approximate surface area is 132 Å². The second kappa shape index (κ2) is 6.22. The molecular weight excluding hydrogens is 385 g/mol. The third kappa shape index (κ3) is 3.67. The Hall–Kier alpha value is -1.29. The number of aromatic carboxylic acids is 1. The maximum atomic E-state index is 13.8. The number of benzene rings is 1. The summed E-state index contributed by atoms with van der Waals surface area (Å²) in [4.78, 5) is 10.9. The maximum Gasteiger partial charge on any atom is 0.335 e. The van der Waals surface area contributed by atoms with E-state index >= 15 is 0 Å². The molecule has 21 heavy (non-hydrogen) atoms. The van der Waals surface area contributed by atoms with Crippen LogP contribution in [0.15, 0.2) is 39.0 Å². The van der Waals surface area contributed by atoms with Crippen LogP contribution in [0.25, 0.3) is 0 Å². The maximum absolute atomic E-state index is 13.8. The molecule has 1 aromatic carbocycles. The predicted octanol–water partition coefficient (Wildman–Crippen LogP) is 2.83. The molecule has 9 heteroatoms. The van der Waals surface area contributed by atoms with Crippen molar-refractivity contribution in [2.75, 3.05) is 0 Å². The van der Waals surface area contributed by atoms with E-state index in [1.54, 1.807) is 11.4 Å². The third-order valence-corrected chi connectivity index (χ3v) is 5.94. The molecule has 1 heterocycles. The SMILES string of the molecule is O=C(O)c1ccc(S(=O)(=O)NCc2sccc2Br)c(F)c1. The number of halogens is 2. The standard InChI is InChI=1S/C12H9BrFNO4S2/c13-8-3-4-20-10(8)6-15-21(18,19)11-2-1-7(12(16)17)5-9(11)14/h1-5,15H,6H2,(H,16,17). The zero-order valence-corrected chi connectivity index (χ0v) is 13.6. The quantitative estimate of drug-likeness (QED) is 0.817. The number of hydrogen-bond acceptors (Lipinski definition) is 4. The number of carboxylic acid groups (broad SMARTS) is 1. The van der Waals surface area contributed by atoms with Gasteiger partial charge in [0.1, 0.15) is 10.7 Å². The van der Waals surface area contributed by atoms with Crippen LogP contribution in [-0.2, 0) is 16.6 Å². The van der Waals surface area contributed by atoms with Gasteiger partial charge in [0, 0.05) is 15.9 Å². The molecule has 0 atom stereocenters. The van der Waals surface area contributed by atoms with E-state index in [-0.39, 0.29) is 12.1 Å². The van der Waals surface area contributed by atoms with Crippen LogP contribution < -0.4 is 4.72 Å². The number of sulfonamides is 1. The Kier molecular flexibility index (Phi) is 4.77. The van der Waals surface area contributed by atoms with Gasteiger partial charge in [-0.25, -0.2) is 22.3 Å². The lowest BCUT2D eigenvalue weighted by Gasteiger charge is -2.07. The molecule has 0 aliphatic rings. The minimum Gasteiger partial charge on any atom is -0.478 e. The fourth-order valence-corrected chi connectivity index (χ4v) is 4.12. The Morgan fingerprint density at radius 2 is 2.10 bits per heavy atom. The molecule has 0 aliphatic carbocycles. The van der Waals surface area contributed by atoms with Crippen molar-refractivity contribution in [2.24, 2.45) is 0 Å². The van der Waals surface area contributed by atoms with Gasteiger partial charge in [0.15, 0.2) is 0 Å². The van der Waals surface area contributed by atoms with Crippen molar-refractivity contribution < 1.29 is 22.7 Å². The monoisotopic (exact) mass is 393 g/mol. The van der Waals surface area contributed by atoms with Gasteiger partial charge in [-0.1, -0.05) is 0 Å². The van der Waals surface area contributed by atoms with Crippen molar-refractivity contribution >= 4 is 43.3 Å². The lowest BCUT2D eigenvalue weighted by Crippen LogP contribution is -2.24. The molecule has 112 valence electrons. The molecule has 2 N–H and O–H groups in total. The van der Waals surface area contributed by atoms with Gasteiger partial charge >= 0.3 is 5.97 Å². The van der Waals surface area contributed by atoms with Crippen molar-refractivity contribution in [1.29, 1.82) is 0 Å². The van der Waals surface area contributed by atoms with E-state index in [4.69, 9.17) is 5.11 Å². The van der Waals surface area contributed by atoms with E-state index in [1.165, 1.54) is 11.3 Å². The number of carboxylic acids is 1. The van der Waals surface area contributed by atoms with Crippen LogP contribution in [0.2, 0.25) is 0 Å². The largest absolute Gasteiger partial charge is 0.478 e. The smallest absolute Gasteiger partial charge is 0.335 e. The summed E-state index contributed by atoms with van der Waals surface area (Å²) >= 11 is 4.62. The fraction of sp³-hybridized carbons (Fsp3) is 0.0833. The Morgan fingerprint density at radius 1 is 1.38 bits per heavy atom. The summed E-state index contributed by atoms with van der Waals surface area (Å²) in [6.45, 7) is 0.0146. The average molecular weight is 394 g/mol. The highest BCUT2D eigenvalue weighted by molar-refractivity contribution is 9.10. The van der Waals surface area contributed by atoms with Crippen LogP contribution in [0, 0.1) is 5.82 Å². The van der Waals surface area contributed by atoms with Crippen LogP contribution in [0.5, 0.6) is 0 Å². The van der Waals surface area contributed by atoms with Crippen LogP contribution in [0.4, 0.5) is 4.39 Å². The van der Waals surface area contributed by atoms with Gasteiger partial charge in [0.05, 0.1) is 5.56 Å². The highest BCUT2D eigenvalue weighted by Crippen LogP contribution is 2.23. The first-order chi connectivity index (χ1) is 9.81. The van der Waals surface area contributed by atoms with Crippen molar-refractivity contribution in [3.8, 4) is 0 Å². The van der Waals surface area contributed by atoms with E-state index < -0.39 is 26.7 Å². The number of hydrogen-bond donors (Lipinski definition) is 2. The lowest BCUT2D eigenvalue weighted by atomic mass is 10.2. The summed E-state index contributed by atoms with van der Waals surface area (Å²) in [6.07, 6.45) is 0. The van der Waals surface area contributed by atoms with Crippen molar-refractivity contribution in [3.05, 3.63) is 50.4 Å². The van der Waals surface area contributed by atoms with Crippen LogP contribution >= 0.6 is 27.3 Å². The fourth-order valence-electron chi connectivity index (χ4n) is 1.54. The van der Waals surface area contributed by atoms with Gasteiger partial charge in [0.25, 0.3) is 0 Å². The summed E-state index contributed by atoms with van der Waals surface area (Å²) in [6, 6.07) is 4.43. The molecule has 1 aromatic heterocycles. The predicted molar refractivity (Wildman–Crippen MR) is 79.4 cm³/mol. The van der Waals surface area contributed by atoms with Crippen LogP contribution in [-0.4, -0.2) is 19.5 Å². The molecule has 0 fully saturated rings. The first kappa shape index (κ1) is 16.1. The molecule has 0 saturated carbocycles. The molecule has 2 rings (SSSR count). The van der Waals surface area contributed by atoms with Crippen LogP contribution in [0.1, 0.15) is 15.2 Å². The number of rotatable bonds is 5. The normalized spacial score (nSPS) is 11.5. The second-order valence-electron chi connectivity index (χ2n) is 3.97. The number of nitrogens with one attached hydrogen (secondary N) is 1. The number of thiophene rings is 1. The van der Waals surface area contributed by atoms with Crippen molar-refractivity contribution in [2.45, 2.75) is 11.4 Å². The van der Waals surface area contributed by atoms with E-state index in [0.29, 0.717) is 6.07 Å². The summed E-state index contributed by atoms with van der Waals surface area (Å²) in [5, 5.41) is 10.5. The van der Waals surface area contributed by atoms with Crippen molar-refractivity contribution in [3.63, 3.8) is 0 Å². The Balaban J connectivity index is 2.23. The zero-order valence-electron chi connectivity index (χ0n) is 10.3. The molecule has 0 amide bonds. The lowest BCUT2D eigenvalue weighted by molar-refractivity contribution is 0.0696. The molecule has 0 bridgehead atoms. The summed E-state index contributed by atoms with van der Waals surface area (Å²) < 4.78 is 40.9. The minimum atomic E-state index is -4.06. The first-order valence-electron chi connectivity index (χ1n) is 5.55. The molecular formula is C12H9BrFNO4S2. The molecule has 2 aromatic rings. The van der Waals surface area contributed by atoms with E-state index in [2.05, 4.69) is 20.7 Å². The van der Waals surface area contributed by atoms with E-state index in [0.717, 1.165) is 21.5 Å².